The fraction of sp³-hybridized carbons (Fsp3) is 0.413. The number of anilines is 1. The number of likely N-dealkylation sites (tertiary alicyclic amines) is 3. The van der Waals surface area contributed by atoms with Crippen LogP contribution in [0.4, 0.5) is 18.9 Å². The predicted octanol–water partition coefficient (Wildman–Crippen LogP) is 5.36. The number of nitrogens with one attached hydrogen (secondary N) is 2. The number of alkyl halides is 2. The number of nitrogens with zero attached hydrogens (tertiary/aromatic N) is 4. The lowest BCUT2D eigenvalue weighted by Crippen LogP contribution is -2.51. The normalized spacial score (nSPS) is 19.9. The molecule has 3 aliphatic rings. The zero-order valence-corrected chi connectivity index (χ0v) is 35.0. The van der Waals surface area contributed by atoms with Gasteiger partial charge in [-0.05, 0) is 85.9 Å². The summed E-state index contributed by atoms with van der Waals surface area (Å²) < 4.78 is 49.1. The van der Waals surface area contributed by atoms with E-state index < -0.39 is 23.6 Å². The van der Waals surface area contributed by atoms with Gasteiger partial charge in [-0.3, -0.25) is 14.4 Å². The minimum atomic E-state index is -1.44. The molecule has 3 aromatic carbocycles. The number of hydrogen-bond acceptors (Lipinski definition) is 9. The van der Waals surface area contributed by atoms with E-state index in [1.165, 1.54) is 6.07 Å². The summed E-state index contributed by atoms with van der Waals surface area (Å²) in [5.74, 6) is -1.34. The number of nitrogens with two attached hydrogens (primary N) is 3. The number of aryl methyl sites for hydroxylation is 1. The number of piperidine rings is 3. The van der Waals surface area contributed by atoms with E-state index in [-0.39, 0.29) is 86.1 Å². The first-order valence-corrected chi connectivity index (χ1v) is 21.2. The number of carbonyl (C=O) groups is 3. The Kier molecular flexibility index (Phi) is 13.3. The summed E-state index contributed by atoms with van der Waals surface area (Å²) >= 11 is 0. The van der Waals surface area contributed by atoms with E-state index in [2.05, 4.69) is 20.1 Å². The van der Waals surface area contributed by atoms with Crippen molar-refractivity contribution in [3.8, 4) is 5.75 Å². The van der Waals surface area contributed by atoms with Gasteiger partial charge in [-0.15, -0.1) is 0 Å². The highest BCUT2D eigenvalue weighted by Gasteiger charge is 2.39. The second kappa shape index (κ2) is 18.8. The van der Waals surface area contributed by atoms with E-state index in [9.17, 15) is 19.5 Å². The number of aromatic hydroxyl groups is 1. The van der Waals surface area contributed by atoms with Gasteiger partial charge in [-0.25, -0.2) is 13.2 Å². The van der Waals surface area contributed by atoms with Gasteiger partial charge in [0, 0.05) is 112 Å². The van der Waals surface area contributed by atoms with Crippen LogP contribution in [0, 0.1) is 12.7 Å². The van der Waals surface area contributed by atoms with Gasteiger partial charge in [-0.1, -0.05) is 18.2 Å². The Bertz CT molecular complexity index is 2350. The van der Waals surface area contributed by atoms with Crippen LogP contribution < -0.4 is 27.8 Å². The molecule has 3 saturated heterocycles. The number of fused-ring (bicyclic) bond motifs is 1. The molecule has 9 N–H and O–H groups in total. The Labute approximate surface area is 359 Å². The molecule has 3 amide bonds. The van der Waals surface area contributed by atoms with Crippen molar-refractivity contribution in [2.75, 3.05) is 57.7 Å². The van der Waals surface area contributed by atoms with Crippen LogP contribution >= 0.6 is 0 Å². The second-order valence-electron chi connectivity index (χ2n) is 16.9. The molecule has 62 heavy (non-hydrogen) atoms. The number of para-hydroxylation sites is 1. The second-order valence-corrected chi connectivity index (χ2v) is 16.9. The van der Waals surface area contributed by atoms with Gasteiger partial charge in [0.2, 0.25) is 12.3 Å². The van der Waals surface area contributed by atoms with Gasteiger partial charge >= 0.3 is 0 Å². The Morgan fingerprint density at radius 1 is 0.968 bits per heavy atom. The molecule has 4 heterocycles. The van der Waals surface area contributed by atoms with Crippen LogP contribution in [0.5, 0.6) is 5.75 Å². The van der Waals surface area contributed by atoms with Gasteiger partial charge in [0.05, 0.1) is 16.9 Å². The quantitative estimate of drug-likeness (QED) is 0.0585. The molecule has 13 nitrogen and oxygen atoms in total. The zero-order chi connectivity index (χ0) is 44.1. The highest BCUT2D eigenvalue weighted by Crippen LogP contribution is 2.36. The molecule has 2 unspecified atom stereocenters. The molecule has 0 aliphatic carbocycles. The molecule has 3 aliphatic heterocycles. The van der Waals surface area contributed by atoms with Gasteiger partial charge in [-0.2, -0.15) is 0 Å². The maximum absolute atomic E-state index is 16.4. The number of phenols is 1. The van der Waals surface area contributed by atoms with Crippen molar-refractivity contribution >= 4 is 40.5 Å². The van der Waals surface area contributed by atoms with Gasteiger partial charge in [0.15, 0.2) is 5.82 Å². The molecule has 330 valence electrons. The van der Waals surface area contributed by atoms with Crippen molar-refractivity contribution in [3.63, 3.8) is 0 Å². The maximum atomic E-state index is 16.4. The van der Waals surface area contributed by atoms with Crippen molar-refractivity contribution < 1.29 is 32.7 Å². The van der Waals surface area contributed by atoms with Crippen LogP contribution in [-0.2, 0) is 9.59 Å². The average molecular weight is 856 g/mol. The molecule has 3 fully saturated rings. The zero-order valence-electron chi connectivity index (χ0n) is 35.0. The van der Waals surface area contributed by atoms with Crippen LogP contribution in [0.25, 0.3) is 16.6 Å². The molecule has 7 rings (SSSR count). The SMILES string of the molecule is Cc1cc(C(=O)N2CCC(F)(CN3CCC(n4ccc5c(F)c(NC(=O)CCNC=O)ccc54)CC3)CC2)ccc1C1CC(F)CN(C(/C=C(\N)c2ccccc2O)=C(N)N)C1. The molecular weight excluding hydrogens is 800 g/mol. The topological polar surface area (TPSA) is 188 Å². The summed E-state index contributed by atoms with van der Waals surface area (Å²) in [5, 5.41) is 15.7. The van der Waals surface area contributed by atoms with E-state index in [0.717, 1.165) is 29.5 Å². The third-order valence-electron chi connectivity index (χ3n) is 12.6. The van der Waals surface area contributed by atoms with E-state index in [1.807, 2.05) is 25.3 Å². The lowest BCUT2D eigenvalue weighted by molar-refractivity contribution is -0.116. The van der Waals surface area contributed by atoms with Gasteiger partial charge in [0.1, 0.15) is 23.4 Å². The fourth-order valence-electron chi connectivity index (χ4n) is 9.31. The average Bonchev–Trinajstić information content (AvgIpc) is 3.69. The fourth-order valence-corrected chi connectivity index (χ4v) is 9.31. The van der Waals surface area contributed by atoms with Crippen LogP contribution in [0.15, 0.2) is 84.5 Å². The summed E-state index contributed by atoms with van der Waals surface area (Å²) in [6, 6.07) is 17.2. The monoisotopic (exact) mass is 855 g/mol. The molecule has 0 bridgehead atoms. The third kappa shape index (κ3) is 9.80. The number of aromatic nitrogens is 1. The lowest BCUT2D eigenvalue weighted by Gasteiger charge is -2.41. The van der Waals surface area contributed by atoms with Crippen molar-refractivity contribution in [2.24, 2.45) is 17.2 Å². The maximum Gasteiger partial charge on any atom is 0.253 e. The number of rotatable bonds is 13. The summed E-state index contributed by atoms with van der Waals surface area (Å²) in [4.78, 5) is 42.0. The molecule has 16 heteroatoms. The first kappa shape index (κ1) is 43.9. The molecule has 0 radical (unpaired) electrons. The highest BCUT2D eigenvalue weighted by atomic mass is 19.1. The Morgan fingerprint density at radius 2 is 1.71 bits per heavy atom. The van der Waals surface area contributed by atoms with Crippen molar-refractivity contribution in [2.45, 2.75) is 69.2 Å². The summed E-state index contributed by atoms with van der Waals surface area (Å²) in [5.41, 5.74) is 21.1. The molecule has 1 aromatic heterocycles. The number of halogens is 3. The first-order valence-electron chi connectivity index (χ1n) is 21.2. The standard InChI is InChI=1S/C46H56F3N9O4/c1-29-22-30(6-7-34(29)31-23-32(47)26-57(25-31)40(44(51)52)24-37(50)35-4-2-3-5-41(35)60)45(62)56-20-14-46(49,15-21-56)27-55-17-11-33(12-18-55)58-19-13-36-39(58)9-8-38(43(36)48)54-42(61)10-16-53-28-59/h2-9,13,19,22,24,28,31-33,60H,10-12,14-18,20-21,23,25-27,50-52H2,1H3,(H,53,59)(H,54,61)/b37-24-. The van der Waals surface area contributed by atoms with E-state index in [4.69, 9.17) is 17.2 Å². The van der Waals surface area contributed by atoms with E-state index >= 15 is 13.2 Å². The number of benzene rings is 3. The highest BCUT2D eigenvalue weighted by molar-refractivity contribution is 5.95. The van der Waals surface area contributed by atoms with Crippen LogP contribution in [0.1, 0.15) is 77.5 Å². The minimum Gasteiger partial charge on any atom is -0.507 e. The number of phenolic OH excluding ortho intramolecular Hbond substituents is 1. The van der Waals surface area contributed by atoms with E-state index in [0.29, 0.717) is 61.3 Å². The van der Waals surface area contributed by atoms with Crippen LogP contribution in [0.3, 0.4) is 0 Å². The predicted molar refractivity (Wildman–Crippen MR) is 234 cm³/mol. The van der Waals surface area contributed by atoms with Crippen molar-refractivity contribution in [1.82, 2.24) is 24.6 Å². The molecule has 0 saturated carbocycles. The van der Waals surface area contributed by atoms with E-state index in [1.54, 1.807) is 58.3 Å². The minimum absolute atomic E-state index is 0.00277. The number of hydrogen-bond donors (Lipinski definition) is 6. The molecule has 2 atom stereocenters. The third-order valence-corrected chi connectivity index (χ3v) is 12.6. The number of allylic oxidation sites excluding steroid dienone is 1. The summed E-state index contributed by atoms with van der Waals surface area (Å²) in [6.07, 6.45) is 5.02. The molecule has 0 spiro atoms. The Hall–Kier alpha value is -6.16. The molecule has 4 aromatic rings. The Balaban J connectivity index is 0.915. The van der Waals surface area contributed by atoms with Gasteiger partial charge in [0.25, 0.3) is 5.91 Å². The Morgan fingerprint density at radius 3 is 2.40 bits per heavy atom. The number of carbonyl (C=O) groups excluding carboxylic acids is 3. The van der Waals surface area contributed by atoms with Crippen LogP contribution in [-0.4, -0.2) is 107 Å². The first-order chi connectivity index (χ1) is 29.7. The summed E-state index contributed by atoms with van der Waals surface area (Å²) in [7, 11) is 0. The van der Waals surface area contributed by atoms with Crippen LogP contribution in [0.2, 0.25) is 0 Å². The van der Waals surface area contributed by atoms with Crippen molar-refractivity contribution in [3.05, 3.63) is 113 Å². The smallest absolute Gasteiger partial charge is 0.253 e. The lowest BCUT2D eigenvalue weighted by atomic mass is 9.86. The number of amides is 3. The van der Waals surface area contributed by atoms with Crippen molar-refractivity contribution in [1.29, 1.82) is 0 Å². The largest absolute Gasteiger partial charge is 0.507 e. The van der Waals surface area contributed by atoms with Gasteiger partial charge < -0.3 is 52.2 Å². The molecular formula is C46H56F3N9O4. The summed E-state index contributed by atoms with van der Waals surface area (Å²) in [6.45, 7) is 4.76.